The van der Waals surface area contributed by atoms with Crippen LogP contribution in [0, 0.1) is 8.99 Å². The average molecular weight is 317 g/mol. The van der Waals surface area contributed by atoms with Crippen LogP contribution in [-0.2, 0) is 4.79 Å². The second-order valence-corrected chi connectivity index (χ2v) is 6.00. The Morgan fingerprint density at radius 3 is 2.40 bits per heavy atom. The van der Waals surface area contributed by atoms with Crippen LogP contribution in [0.25, 0.3) is 0 Å². The SMILES string of the molecule is CC(C)(C)C(C(N)=O)c1cccc(I)c1. The number of halogens is 1. The Bertz CT molecular complexity index is 368. The number of hydrogen-bond acceptors (Lipinski definition) is 1. The molecule has 0 aromatic heterocycles. The molecule has 0 aliphatic carbocycles. The van der Waals surface area contributed by atoms with Crippen molar-refractivity contribution in [1.29, 1.82) is 0 Å². The third-order valence-electron chi connectivity index (χ3n) is 2.33. The number of hydrogen-bond donors (Lipinski definition) is 1. The second-order valence-electron chi connectivity index (χ2n) is 4.76. The molecule has 0 radical (unpaired) electrons. The summed E-state index contributed by atoms with van der Waals surface area (Å²) in [6.07, 6.45) is 0. The van der Waals surface area contributed by atoms with Crippen LogP contribution in [0.15, 0.2) is 24.3 Å². The van der Waals surface area contributed by atoms with E-state index >= 15 is 0 Å². The van der Waals surface area contributed by atoms with Crippen LogP contribution >= 0.6 is 22.6 Å². The lowest BCUT2D eigenvalue weighted by Gasteiger charge is -2.28. The van der Waals surface area contributed by atoms with Gasteiger partial charge in [-0.25, -0.2) is 0 Å². The standard InChI is InChI=1S/C12H16INO/c1-12(2,3)10(11(14)15)8-5-4-6-9(13)7-8/h4-7,10H,1-3H3,(H2,14,15). The highest BCUT2D eigenvalue weighted by Crippen LogP contribution is 2.35. The first-order valence-corrected chi connectivity index (χ1v) is 5.95. The summed E-state index contributed by atoms with van der Waals surface area (Å²) in [5.74, 6) is -0.489. The lowest BCUT2D eigenvalue weighted by Crippen LogP contribution is -2.31. The molecule has 0 aliphatic rings. The van der Waals surface area contributed by atoms with Gasteiger partial charge in [-0.3, -0.25) is 4.79 Å². The van der Waals surface area contributed by atoms with Crippen molar-refractivity contribution < 1.29 is 4.79 Å². The molecule has 1 amide bonds. The average Bonchev–Trinajstić information content (AvgIpc) is 1.99. The van der Waals surface area contributed by atoms with Gasteiger partial charge < -0.3 is 5.73 Å². The van der Waals surface area contributed by atoms with Gasteiger partial charge in [-0.2, -0.15) is 0 Å². The quantitative estimate of drug-likeness (QED) is 0.838. The molecule has 15 heavy (non-hydrogen) atoms. The van der Waals surface area contributed by atoms with E-state index in [1.165, 1.54) is 0 Å². The molecule has 1 rings (SSSR count). The molecule has 0 bridgehead atoms. The van der Waals surface area contributed by atoms with Gasteiger partial charge in [0.25, 0.3) is 0 Å². The van der Waals surface area contributed by atoms with Crippen molar-refractivity contribution in [3.8, 4) is 0 Å². The third-order valence-corrected chi connectivity index (χ3v) is 3.00. The molecule has 2 N–H and O–H groups in total. The molecule has 1 aromatic rings. The van der Waals surface area contributed by atoms with Crippen LogP contribution in [0.2, 0.25) is 0 Å². The summed E-state index contributed by atoms with van der Waals surface area (Å²) in [6.45, 7) is 6.09. The van der Waals surface area contributed by atoms with Crippen LogP contribution in [0.1, 0.15) is 32.3 Å². The summed E-state index contributed by atoms with van der Waals surface area (Å²) >= 11 is 2.24. The molecular weight excluding hydrogens is 301 g/mol. The smallest absolute Gasteiger partial charge is 0.225 e. The molecule has 1 atom stereocenters. The van der Waals surface area contributed by atoms with E-state index in [2.05, 4.69) is 22.6 Å². The minimum atomic E-state index is -0.260. The lowest BCUT2D eigenvalue weighted by molar-refractivity contribution is -0.121. The molecule has 0 saturated carbocycles. The Hall–Kier alpha value is -0.580. The van der Waals surface area contributed by atoms with Crippen LogP contribution in [0.4, 0.5) is 0 Å². The highest BCUT2D eigenvalue weighted by Gasteiger charge is 2.30. The molecule has 1 unspecified atom stereocenters. The molecule has 2 nitrogen and oxygen atoms in total. The first-order valence-electron chi connectivity index (χ1n) is 4.87. The number of nitrogens with two attached hydrogens (primary N) is 1. The number of primary amides is 1. The van der Waals surface area contributed by atoms with Crippen LogP contribution in [0.3, 0.4) is 0 Å². The number of benzene rings is 1. The molecule has 0 spiro atoms. The molecule has 0 heterocycles. The van der Waals surface area contributed by atoms with Gasteiger partial charge in [0, 0.05) is 3.57 Å². The van der Waals surface area contributed by atoms with Crippen LogP contribution in [-0.4, -0.2) is 5.91 Å². The van der Waals surface area contributed by atoms with Gasteiger partial charge in [0.05, 0.1) is 5.92 Å². The van der Waals surface area contributed by atoms with E-state index in [1.807, 2.05) is 45.0 Å². The number of rotatable bonds is 2. The maximum Gasteiger partial charge on any atom is 0.225 e. The largest absolute Gasteiger partial charge is 0.369 e. The van der Waals surface area contributed by atoms with Crippen molar-refractivity contribution in [2.75, 3.05) is 0 Å². The summed E-state index contributed by atoms with van der Waals surface area (Å²) in [4.78, 5) is 11.5. The van der Waals surface area contributed by atoms with E-state index in [1.54, 1.807) is 0 Å². The zero-order valence-corrected chi connectivity index (χ0v) is 11.4. The molecule has 3 heteroatoms. The summed E-state index contributed by atoms with van der Waals surface area (Å²) in [7, 11) is 0. The Morgan fingerprint density at radius 1 is 1.40 bits per heavy atom. The summed E-state index contributed by atoms with van der Waals surface area (Å²) in [6, 6.07) is 7.94. The predicted molar refractivity (Wildman–Crippen MR) is 70.5 cm³/mol. The maximum atomic E-state index is 11.5. The highest BCUT2D eigenvalue weighted by molar-refractivity contribution is 14.1. The van der Waals surface area contributed by atoms with E-state index in [9.17, 15) is 4.79 Å². The summed E-state index contributed by atoms with van der Waals surface area (Å²) in [5, 5.41) is 0. The Labute approximate surface area is 104 Å². The highest BCUT2D eigenvalue weighted by atomic mass is 127. The van der Waals surface area contributed by atoms with Crippen molar-refractivity contribution in [2.24, 2.45) is 11.1 Å². The van der Waals surface area contributed by atoms with Gasteiger partial charge in [0.15, 0.2) is 0 Å². The van der Waals surface area contributed by atoms with Crippen molar-refractivity contribution >= 4 is 28.5 Å². The van der Waals surface area contributed by atoms with E-state index in [0.29, 0.717) is 0 Å². The van der Waals surface area contributed by atoms with Gasteiger partial charge in [-0.05, 0) is 45.7 Å². The zero-order chi connectivity index (χ0) is 11.6. The molecule has 0 fully saturated rings. The first-order chi connectivity index (χ1) is 6.82. The molecule has 0 aliphatic heterocycles. The van der Waals surface area contributed by atoms with Crippen LogP contribution in [0.5, 0.6) is 0 Å². The number of amides is 1. The Kier molecular flexibility index (Phi) is 3.76. The number of carbonyl (C=O) groups excluding carboxylic acids is 1. The van der Waals surface area contributed by atoms with Crippen molar-refractivity contribution in [3.05, 3.63) is 33.4 Å². The van der Waals surface area contributed by atoms with Crippen molar-refractivity contribution in [2.45, 2.75) is 26.7 Å². The Morgan fingerprint density at radius 2 is 2.00 bits per heavy atom. The van der Waals surface area contributed by atoms with Crippen LogP contribution < -0.4 is 5.73 Å². The van der Waals surface area contributed by atoms with Gasteiger partial charge >= 0.3 is 0 Å². The van der Waals surface area contributed by atoms with E-state index in [0.717, 1.165) is 9.13 Å². The fourth-order valence-corrected chi connectivity index (χ4v) is 2.34. The monoisotopic (exact) mass is 317 g/mol. The first kappa shape index (κ1) is 12.5. The lowest BCUT2D eigenvalue weighted by atomic mass is 9.76. The molecule has 0 saturated heterocycles. The molecule has 82 valence electrons. The molecule has 1 aromatic carbocycles. The second kappa shape index (κ2) is 4.51. The van der Waals surface area contributed by atoms with Gasteiger partial charge in [-0.1, -0.05) is 32.9 Å². The van der Waals surface area contributed by atoms with E-state index in [4.69, 9.17) is 5.73 Å². The fourth-order valence-electron chi connectivity index (χ4n) is 1.78. The minimum Gasteiger partial charge on any atom is -0.369 e. The van der Waals surface area contributed by atoms with E-state index in [-0.39, 0.29) is 17.2 Å². The topological polar surface area (TPSA) is 43.1 Å². The van der Waals surface area contributed by atoms with Gasteiger partial charge in [0.2, 0.25) is 5.91 Å². The fraction of sp³-hybridized carbons (Fsp3) is 0.417. The van der Waals surface area contributed by atoms with Gasteiger partial charge in [-0.15, -0.1) is 0 Å². The van der Waals surface area contributed by atoms with Gasteiger partial charge in [0.1, 0.15) is 0 Å². The molecular formula is C12H16INO. The number of carbonyl (C=O) groups is 1. The third kappa shape index (κ3) is 3.19. The zero-order valence-electron chi connectivity index (χ0n) is 9.25. The predicted octanol–water partition coefficient (Wildman–Crippen LogP) is 2.91. The van der Waals surface area contributed by atoms with Crippen molar-refractivity contribution in [3.63, 3.8) is 0 Å². The normalized spacial score (nSPS) is 13.6. The minimum absolute atomic E-state index is 0.143. The van der Waals surface area contributed by atoms with E-state index < -0.39 is 0 Å². The summed E-state index contributed by atoms with van der Waals surface area (Å²) in [5.41, 5.74) is 6.32. The Balaban J connectivity index is 3.16. The summed E-state index contributed by atoms with van der Waals surface area (Å²) < 4.78 is 1.13. The van der Waals surface area contributed by atoms with Crippen molar-refractivity contribution in [1.82, 2.24) is 0 Å². The maximum absolute atomic E-state index is 11.5.